The van der Waals surface area contributed by atoms with E-state index in [2.05, 4.69) is 53.8 Å². The van der Waals surface area contributed by atoms with E-state index in [-0.39, 0.29) is 0 Å². The third kappa shape index (κ3) is 4.72. The minimum absolute atomic E-state index is 0.640. The summed E-state index contributed by atoms with van der Waals surface area (Å²) < 4.78 is 0. The van der Waals surface area contributed by atoms with Crippen LogP contribution in [-0.2, 0) is 0 Å². The van der Waals surface area contributed by atoms with E-state index in [9.17, 15) is 0 Å². The maximum atomic E-state index is 3.93. The van der Waals surface area contributed by atoms with Gasteiger partial charge in [-0.2, -0.15) is 0 Å². The Kier molecular flexibility index (Phi) is 7.76. The third-order valence-electron chi connectivity index (χ3n) is 11.7. The highest BCUT2D eigenvalue weighted by atomic mass is 14.9. The van der Waals surface area contributed by atoms with Crippen LogP contribution in [0.3, 0.4) is 0 Å². The Labute approximate surface area is 201 Å². The van der Waals surface area contributed by atoms with Crippen molar-refractivity contribution in [2.75, 3.05) is 6.54 Å². The van der Waals surface area contributed by atoms with Gasteiger partial charge < -0.3 is 5.32 Å². The quantitative estimate of drug-likeness (QED) is 0.395. The lowest BCUT2D eigenvalue weighted by Crippen LogP contribution is -2.55. The largest absolute Gasteiger partial charge is 0.314 e. The van der Waals surface area contributed by atoms with Crippen molar-refractivity contribution in [1.82, 2.24) is 5.32 Å². The average molecular weight is 444 g/mol. The smallest absolute Gasteiger partial charge is 0.00702 e. The van der Waals surface area contributed by atoms with E-state index < -0.39 is 0 Å². The van der Waals surface area contributed by atoms with Gasteiger partial charge in [0, 0.05) is 6.04 Å². The zero-order valence-corrected chi connectivity index (χ0v) is 22.9. The van der Waals surface area contributed by atoms with Gasteiger partial charge in [-0.1, -0.05) is 67.7 Å². The van der Waals surface area contributed by atoms with Gasteiger partial charge in [-0.05, 0) is 123 Å². The van der Waals surface area contributed by atoms with Gasteiger partial charge in [0.25, 0.3) is 0 Å². The molecule has 186 valence electrons. The van der Waals surface area contributed by atoms with Gasteiger partial charge in [-0.15, -0.1) is 0 Å². The van der Waals surface area contributed by atoms with Crippen LogP contribution in [-0.4, -0.2) is 12.6 Å². The Balaban J connectivity index is 1.40. The molecule has 32 heavy (non-hydrogen) atoms. The van der Waals surface area contributed by atoms with Gasteiger partial charge in [0.15, 0.2) is 0 Å². The molecule has 0 aromatic rings. The summed E-state index contributed by atoms with van der Waals surface area (Å²) in [5.41, 5.74) is 1.29. The molecule has 0 radical (unpaired) electrons. The van der Waals surface area contributed by atoms with Crippen molar-refractivity contribution in [3.63, 3.8) is 0 Å². The first-order valence-electron chi connectivity index (χ1n) is 14.9. The van der Waals surface area contributed by atoms with Gasteiger partial charge in [-0.25, -0.2) is 0 Å². The lowest BCUT2D eigenvalue weighted by molar-refractivity contribution is -0.118. The summed E-state index contributed by atoms with van der Waals surface area (Å²) in [7, 11) is 0. The molecule has 4 aliphatic rings. The van der Waals surface area contributed by atoms with Crippen molar-refractivity contribution >= 4 is 0 Å². The first-order valence-corrected chi connectivity index (χ1v) is 14.9. The van der Waals surface area contributed by atoms with Gasteiger partial charge in [0.1, 0.15) is 0 Å². The minimum atomic E-state index is 0.640. The lowest BCUT2D eigenvalue weighted by Gasteiger charge is -2.61. The zero-order chi connectivity index (χ0) is 23.1. The van der Waals surface area contributed by atoms with Gasteiger partial charge in [0.05, 0.1) is 0 Å². The van der Waals surface area contributed by atoms with Crippen LogP contribution in [0.5, 0.6) is 0 Å². The Morgan fingerprint density at radius 1 is 0.750 bits per heavy atom. The van der Waals surface area contributed by atoms with Gasteiger partial charge in [-0.3, -0.25) is 0 Å². The molecular weight excluding hydrogens is 386 g/mol. The van der Waals surface area contributed by atoms with E-state index in [0.717, 1.165) is 53.4 Å². The van der Waals surface area contributed by atoms with Crippen molar-refractivity contribution in [1.29, 1.82) is 0 Å². The number of hydrogen-bond donors (Lipinski definition) is 1. The highest BCUT2D eigenvalue weighted by molar-refractivity contribution is 5.10. The molecule has 0 spiro atoms. The summed E-state index contributed by atoms with van der Waals surface area (Å²) in [6, 6.07) is 0.795. The molecule has 4 fully saturated rings. The van der Waals surface area contributed by atoms with E-state index >= 15 is 0 Å². The van der Waals surface area contributed by atoms with Crippen LogP contribution in [0.25, 0.3) is 0 Å². The Morgan fingerprint density at radius 2 is 1.47 bits per heavy atom. The summed E-state index contributed by atoms with van der Waals surface area (Å²) in [6.45, 7) is 18.8. The molecule has 0 amide bonds. The van der Waals surface area contributed by atoms with Crippen LogP contribution >= 0.6 is 0 Å². The van der Waals surface area contributed by atoms with Crippen molar-refractivity contribution < 1.29 is 0 Å². The summed E-state index contributed by atoms with van der Waals surface area (Å²) in [4.78, 5) is 0. The van der Waals surface area contributed by atoms with E-state index in [1.54, 1.807) is 19.3 Å². The molecule has 4 saturated carbocycles. The first kappa shape index (κ1) is 25.1. The van der Waals surface area contributed by atoms with Crippen LogP contribution in [0.2, 0.25) is 0 Å². The second-order valence-electron chi connectivity index (χ2n) is 14.5. The van der Waals surface area contributed by atoms with Gasteiger partial charge in [0.2, 0.25) is 0 Å². The van der Waals surface area contributed by atoms with Gasteiger partial charge >= 0.3 is 0 Å². The Bertz CT molecular complexity index is 610. The predicted molar refractivity (Wildman–Crippen MR) is 140 cm³/mol. The summed E-state index contributed by atoms with van der Waals surface area (Å²) in [6.07, 6.45) is 18.0. The fraction of sp³-hybridized carbons (Fsp3) is 1.00. The van der Waals surface area contributed by atoms with E-state index in [4.69, 9.17) is 0 Å². The van der Waals surface area contributed by atoms with Crippen LogP contribution in [0, 0.1) is 58.2 Å². The molecule has 0 bridgehead atoms. The number of fused-ring (bicyclic) bond motifs is 5. The highest BCUT2D eigenvalue weighted by Gasteiger charge is 2.60. The zero-order valence-electron chi connectivity index (χ0n) is 22.9. The fourth-order valence-electron chi connectivity index (χ4n) is 9.87. The Hall–Kier alpha value is -0.0400. The van der Waals surface area contributed by atoms with E-state index in [1.807, 2.05) is 0 Å². The summed E-state index contributed by atoms with van der Waals surface area (Å²) in [5, 5.41) is 3.93. The Morgan fingerprint density at radius 3 is 2.19 bits per heavy atom. The van der Waals surface area contributed by atoms with Crippen LogP contribution < -0.4 is 5.32 Å². The van der Waals surface area contributed by atoms with E-state index in [0.29, 0.717) is 10.8 Å². The van der Waals surface area contributed by atoms with E-state index in [1.165, 1.54) is 64.3 Å². The highest BCUT2D eigenvalue weighted by Crippen LogP contribution is 2.68. The van der Waals surface area contributed by atoms with Crippen LogP contribution in [0.15, 0.2) is 0 Å². The second kappa shape index (κ2) is 9.91. The molecular formula is C31H57N. The maximum absolute atomic E-state index is 3.93. The minimum Gasteiger partial charge on any atom is -0.314 e. The molecule has 0 aromatic heterocycles. The average Bonchev–Trinajstić information content (AvgIpc) is 3.09. The summed E-state index contributed by atoms with van der Waals surface area (Å²) >= 11 is 0. The number of nitrogens with one attached hydrogen (secondary N) is 1. The topological polar surface area (TPSA) is 12.0 Å². The van der Waals surface area contributed by atoms with Crippen LogP contribution in [0.4, 0.5) is 0 Å². The van der Waals surface area contributed by atoms with Crippen molar-refractivity contribution in [2.45, 2.75) is 132 Å². The molecule has 2 unspecified atom stereocenters. The van der Waals surface area contributed by atoms with Crippen molar-refractivity contribution in [3.05, 3.63) is 0 Å². The molecule has 0 aromatic carbocycles. The maximum Gasteiger partial charge on any atom is 0.00702 e. The second-order valence-corrected chi connectivity index (χ2v) is 14.5. The molecule has 4 aliphatic carbocycles. The SMILES string of the molecule is CC(C)CCC[C@@H](C)[C@H]1CCC2[C@@H]3CC[C@H]4CC(NCC(C)C)CC[C@]4(C)[C@H]3CC[C@@]21C. The predicted octanol–water partition coefficient (Wildman–Crippen LogP) is 8.72. The lowest BCUT2D eigenvalue weighted by atomic mass is 9.44. The number of rotatable bonds is 8. The first-order chi connectivity index (χ1) is 15.1. The molecule has 9 atom stereocenters. The molecule has 1 heteroatoms. The molecule has 0 saturated heterocycles. The number of hydrogen-bond acceptors (Lipinski definition) is 1. The molecule has 0 aliphatic heterocycles. The van der Waals surface area contributed by atoms with Crippen LogP contribution in [0.1, 0.15) is 126 Å². The fourth-order valence-corrected chi connectivity index (χ4v) is 9.87. The normalized spacial score (nSPS) is 44.9. The third-order valence-corrected chi connectivity index (χ3v) is 11.7. The molecule has 0 heterocycles. The summed E-state index contributed by atoms with van der Waals surface area (Å²) in [5.74, 6) is 7.68. The monoisotopic (exact) mass is 443 g/mol. The standard InChI is InChI=1S/C31H57N/c1-21(2)9-8-10-23(5)27-13-14-28-26-12-11-24-19-25(32-20-22(3)4)15-17-30(24,6)29(26)16-18-31(27,28)7/h21-29,32H,8-20H2,1-7H3/t23-,24+,25?,26+,27-,28?,29+,30+,31-/m1/s1. The molecule has 1 N–H and O–H groups in total. The molecule has 4 rings (SSSR count). The van der Waals surface area contributed by atoms with Crippen molar-refractivity contribution in [2.24, 2.45) is 58.2 Å². The van der Waals surface area contributed by atoms with Crippen molar-refractivity contribution in [3.8, 4) is 0 Å². The molecule has 1 nitrogen and oxygen atoms in total.